The molecular formula is C18H23ClN2O4. The third-order valence-corrected chi connectivity index (χ3v) is 5.38. The molecule has 2 fully saturated rings. The van der Waals surface area contributed by atoms with Crippen molar-refractivity contribution in [2.75, 3.05) is 26.8 Å². The molecule has 0 aromatic heterocycles. The number of carbonyl (C=O) groups excluding carboxylic acids is 2. The highest BCUT2D eigenvalue weighted by atomic mass is 35.5. The van der Waals surface area contributed by atoms with Crippen LogP contribution in [0.15, 0.2) is 12.1 Å². The molecule has 2 N–H and O–H groups in total. The average Bonchev–Trinajstić information content (AvgIpc) is 3.03. The molecule has 2 amide bonds. The normalized spacial score (nSPS) is 22.4. The second-order valence-corrected chi connectivity index (χ2v) is 7.17. The molecule has 1 aliphatic carbocycles. The Morgan fingerprint density at radius 3 is 2.44 bits per heavy atom. The predicted molar refractivity (Wildman–Crippen MR) is 94.0 cm³/mol. The summed E-state index contributed by atoms with van der Waals surface area (Å²) in [6.07, 6.45) is 4.93. The summed E-state index contributed by atoms with van der Waals surface area (Å²) >= 11 is 6.24. The number of primary amides is 1. The summed E-state index contributed by atoms with van der Waals surface area (Å²) in [4.78, 5) is 25.7. The van der Waals surface area contributed by atoms with Crippen LogP contribution in [0.2, 0.25) is 5.02 Å². The molecule has 25 heavy (non-hydrogen) atoms. The molecule has 2 unspecified atom stereocenters. The summed E-state index contributed by atoms with van der Waals surface area (Å²) in [5.74, 6) is 1.11. The zero-order chi connectivity index (χ0) is 18.0. The first kappa shape index (κ1) is 17.9. The second-order valence-electron chi connectivity index (χ2n) is 6.76. The zero-order valence-corrected chi connectivity index (χ0v) is 15.1. The van der Waals surface area contributed by atoms with Gasteiger partial charge in [-0.2, -0.15) is 0 Å². The van der Waals surface area contributed by atoms with Crippen molar-refractivity contribution >= 4 is 23.4 Å². The maximum absolute atomic E-state index is 12.9. The molecule has 6 nitrogen and oxygen atoms in total. The number of rotatable bonds is 5. The van der Waals surface area contributed by atoms with Gasteiger partial charge in [-0.3, -0.25) is 9.59 Å². The topological polar surface area (TPSA) is 81.9 Å². The molecule has 2 atom stereocenters. The van der Waals surface area contributed by atoms with Crippen molar-refractivity contribution < 1.29 is 19.1 Å². The Labute approximate surface area is 152 Å². The van der Waals surface area contributed by atoms with E-state index in [-0.39, 0.29) is 23.3 Å². The smallest absolute Gasteiger partial charge is 0.255 e. The summed E-state index contributed by atoms with van der Waals surface area (Å²) < 4.78 is 10.6. The lowest BCUT2D eigenvalue weighted by atomic mass is 9.82. The molecule has 0 spiro atoms. The molecule has 0 radical (unpaired) electrons. The number of fused-ring (bicyclic) bond motifs is 1. The molecule has 2 aliphatic rings. The molecule has 1 aromatic carbocycles. The number of amides is 2. The molecule has 1 saturated carbocycles. The van der Waals surface area contributed by atoms with E-state index in [1.807, 2.05) is 4.90 Å². The molecule has 0 bridgehead atoms. The lowest BCUT2D eigenvalue weighted by Gasteiger charge is -2.22. The summed E-state index contributed by atoms with van der Waals surface area (Å²) in [5, 5.41) is 0.223. The van der Waals surface area contributed by atoms with Gasteiger partial charge in [0.25, 0.3) is 11.8 Å². The van der Waals surface area contributed by atoms with Gasteiger partial charge in [0, 0.05) is 18.7 Å². The van der Waals surface area contributed by atoms with Gasteiger partial charge in [-0.25, -0.2) is 0 Å². The summed E-state index contributed by atoms with van der Waals surface area (Å²) in [6, 6.07) is 3.16. The predicted octanol–water partition coefficient (Wildman–Crippen LogP) is 2.47. The second kappa shape index (κ2) is 7.52. The Morgan fingerprint density at radius 1 is 1.24 bits per heavy atom. The van der Waals surface area contributed by atoms with Gasteiger partial charge in [0.05, 0.1) is 12.1 Å². The van der Waals surface area contributed by atoms with Gasteiger partial charge in [-0.1, -0.05) is 24.4 Å². The van der Waals surface area contributed by atoms with Crippen LogP contribution in [0, 0.1) is 11.8 Å². The fraction of sp³-hybridized carbons (Fsp3) is 0.556. The minimum Gasteiger partial charge on any atom is -0.493 e. The van der Waals surface area contributed by atoms with Gasteiger partial charge in [-0.15, -0.1) is 0 Å². The Hall–Kier alpha value is -1.95. The highest BCUT2D eigenvalue weighted by Gasteiger charge is 2.37. The van der Waals surface area contributed by atoms with E-state index in [4.69, 9.17) is 26.8 Å². The van der Waals surface area contributed by atoms with Crippen LogP contribution in [0.3, 0.4) is 0 Å². The average molecular weight is 367 g/mol. The molecule has 3 rings (SSSR count). The number of carbonyl (C=O) groups is 2. The number of hydrogen-bond acceptors (Lipinski definition) is 4. The van der Waals surface area contributed by atoms with E-state index in [0.29, 0.717) is 23.1 Å². The zero-order valence-electron chi connectivity index (χ0n) is 14.3. The molecule has 136 valence electrons. The number of benzene rings is 1. The van der Waals surface area contributed by atoms with Crippen LogP contribution < -0.4 is 15.2 Å². The van der Waals surface area contributed by atoms with Crippen molar-refractivity contribution in [1.82, 2.24) is 4.90 Å². The van der Waals surface area contributed by atoms with Crippen molar-refractivity contribution in [3.63, 3.8) is 0 Å². The van der Waals surface area contributed by atoms with Crippen LogP contribution >= 0.6 is 11.6 Å². The van der Waals surface area contributed by atoms with E-state index >= 15 is 0 Å². The third-order valence-electron chi connectivity index (χ3n) is 5.10. The van der Waals surface area contributed by atoms with Crippen LogP contribution in [0.5, 0.6) is 11.5 Å². The molecule has 1 aliphatic heterocycles. The first-order chi connectivity index (χ1) is 12.0. The maximum Gasteiger partial charge on any atom is 0.255 e. The van der Waals surface area contributed by atoms with Crippen molar-refractivity contribution in [2.24, 2.45) is 17.6 Å². The van der Waals surface area contributed by atoms with Crippen molar-refractivity contribution in [3.8, 4) is 11.5 Å². The van der Waals surface area contributed by atoms with E-state index in [9.17, 15) is 9.59 Å². The van der Waals surface area contributed by atoms with E-state index in [1.165, 1.54) is 32.8 Å². The lowest BCUT2D eigenvalue weighted by Crippen LogP contribution is -2.29. The first-order valence-corrected chi connectivity index (χ1v) is 8.95. The molecule has 1 aromatic rings. The van der Waals surface area contributed by atoms with Crippen molar-refractivity contribution in [1.29, 1.82) is 0 Å². The lowest BCUT2D eigenvalue weighted by molar-refractivity contribution is -0.119. The van der Waals surface area contributed by atoms with Crippen molar-refractivity contribution in [3.05, 3.63) is 22.7 Å². The van der Waals surface area contributed by atoms with Crippen LogP contribution in [0.4, 0.5) is 0 Å². The van der Waals surface area contributed by atoms with Crippen LogP contribution in [0.1, 0.15) is 36.0 Å². The monoisotopic (exact) mass is 366 g/mol. The SMILES string of the molecule is COc1cc(C(=O)N2CC3CCCCC3C2)cc(Cl)c1OCC(N)=O. The number of hydrogen-bond donors (Lipinski definition) is 1. The number of methoxy groups -OCH3 is 1. The van der Waals surface area contributed by atoms with Gasteiger partial charge in [0.15, 0.2) is 18.1 Å². The number of nitrogens with zero attached hydrogens (tertiary/aromatic N) is 1. The van der Waals surface area contributed by atoms with Gasteiger partial charge < -0.3 is 20.1 Å². The molecule has 1 heterocycles. The van der Waals surface area contributed by atoms with Crippen LogP contribution in [0.25, 0.3) is 0 Å². The Morgan fingerprint density at radius 2 is 1.88 bits per heavy atom. The Balaban J connectivity index is 1.78. The fourth-order valence-corrected chi connectivity index (χ4v) is 4.15. The van der Waals surface area contributed by atoms with E-state index in [1.54, 1.807) is 12.1 Å². The molecule has 7 heteroatoms. The maximum atomic E-state index is 12.9. The minimum atomic E-state index is -0.613. The summed E-state index contributed by atoms with van der Waals surface area (Å²) in [5.41, 5.74) is 5.56. The van der Waals surface area contributed by atoms with E-state index < -0.39 is 5.91 Å². The van der Waals surface area contributed by atoms with Gasteiger partial charge in [0.1, 0.15) is 0 Å². The van der Waals surface area contributed by atoms with E-state index in [2.05, 4.69) is 0 Å². The van der Waals surface area contributed by atoms with E-state index in [0.717, 1.165) is 13.1 Å². The largest absolute Gasteiger partial charge is 0.493 e. The number of halogens is 1. The summed E-state index contributed by atoms with van der Waals surface area (Å²) in [7, 11) is 1.46. The number of ether oxygens (including phenoxy) is 2. The quantitative estimate of drug-likeness (QED) is 0.867. The van der Waals surface area contributed by atoms with Crippen LogP contribution in [-0.2, 0) is 4.79 Å². The highest BCUT2D eigenvalue weighted by Crippen LogP contribution is 2.39. The fourth-order valence-electron chi connectivity index (χ4n) is 3.88. The Bertz CT molecular complexity index is 665. The minimum absolute atomic E-state index is 0.0453. The number of nitrogens with two attached hydrogens (primary N) is 1. The molecular weight excluding hydrogens is 344 g/mol. The molecule has 1 saturated heterocycles. The first-order valence-electron chi connectivity index (χ1n) is 8.57. The third kappa shape index (κ3) is 3.84. The van der Waals surface area contributed by atoms with Crippen molar-refractivity contribution in [2.45, 2.75) is 25.7 Å². The van der Waals surface area contributed by atoms with Crippen LogP contribution in [-0.4, -0.2) is 43.5 Å². The van der Waals surface area contributed by atoms with Gasteiger partial charge in [-0.05, 0) is 36.8 Å². The van der Waals surface area contributed by atoms with Gasteiger partial charge >= 0.3 is 0 Å². The number of likely N-dealkylation sites (tertiary alicyclic amines) is 1. The van der Waals surface area contributed by atoms with Gasteiger partial charge in [0.2, 0.25) is 0 Å². The standard InChI is InChI=1S/C18H23ClN2O4/c1-24-15-7-13(6-14(19)17(15)25-10-16(20)22)18(23)21-8-11-4-2-3-5-12(11)9-21/h6-7,11-12H,2-5,8-10H2,1H3,(H2,20,22). The summed E-state index contributed by atoms with van der Waals surface area (Å²) in [6.45, 7) is 1.31. The highest BCUT2D eigenvalue weighted by molar-refractivity contribution is 6.32. The Kier molecular flexibility index (Phi) is 5.37.